The number of nitrogens with zero attached hydrogens (tertiary/aromatic N) is 3. The molecular weight excluding hydrogens is 312 g/mol. The molecule has 0 aromatic carbocycles. The SMILES string of the molecule is Cl.O=C(c1cnn2ccccc12)N1CCC(C2CCCN2)CC1. The van der Waals surface area contributed by atoms with Crippen LogP contribution in [0.1, 0.15) is 36.0 Å². The lowest BCUT2D eigenvalue weighted by atomic mass is 9.88. The van der Waals surface area contributed by atoms with Gasteiger partial charge in [0.1, 0.15) is 0 Å². The molecule has 4 rings (SSSR count). The molecule has 0 saturated carbocycles. The highest BCUT2D eigenvalue weighted by Gasteiger charge is 2.30. The number of carbonyl (C=O) groups excluding carboxylic acids is 1. The van der Waals surface area contributed by atoms with Gasteiger partial charge in [0, 0.05) is 25.3 Å². The van der Waals surface area contributed by atoms with Gasteiger partial charge in [-0.1, -0.05) is 6.07 Å². The fraction of sp³-hybridized carbons (Fsp3) is 0.529. The molecule has 1 N–H and O–H groups in total. The molecule has 2 fully saturated rings. The molecule has 1 amide bonds. The highest BCUT2D eigenvalue weighted by molar-refractivity contribution is 6.00. The van der Waals surface area contributed by atoms with Gasteiger partial charge in [-0.3, -0.25) is 4.79 Å². The van der Waals surface area contributed by atoms with Crippen LogP contribution >= 0.6 is 12.4 Å². The molecule has 5 nitrogen and oxygen atoms in total. The molecule has 2 aromatic heterocycles. The standard InChI is InChI=1S/C17H22N4O.ClH/c22-17(14-12-19-21-9-2-1-5-16(14)21)20-10-6-13(7-11-20)15-4-3-8-18-15;/h1-2,5,9,12-13,15,18H,3-4,6-8,10-11H2;1H. The maximum absolute atomic E-state index is 12.8. The quantitative estimate of drug-likeness (QED) is 0.917. The largest absolute Gasteiger partial charge is 0.339 e. The molecule has 124 valence electrons. The van der Waals surface area contributed by atoms with E-state index in [9.17, 15) is 4.79 Å². The summed E-state index contributed by atoms with van der Waals surface area (Å²) >= 11 is 0. The smallest absolute Gasteiger partial charge is 0.257 e. The Kier molecular flexibility index (Phi) is 4.87. The molecule has 0 aliphatic carbocycles. The molecule has 6 heteroatoms. The molecule has 2 aromatic rings. The number of hydrogen-bond donors (Lipinski definition) is 1. The number of piperidine rings is 1. The van der Waals surface area contributed by atoms with Crippen LogP contribution in [-0.4, -0.2) is 46.1 Å². The molecule has 1 unspecified atom stereocenters. The van der Waals surface area contributed by atoms with Crippen LogP contribution in [0, 0.1) is 5.92 Å². The summed E-state index contributed by atoms with van der Waals surface area (Å²) in [6, 6.07) is 6.50. The van der Waals surface area contributed by atoms with E-state index in [2.05, 4.69) is 10.4 Å². The number of carbonyl (C=O) groups is 1. The summed E-state index contributed by atoms with van der Waals surface area (Å²) in [7, 11) is 0. The van der Waals surface area contributed by atoms with E-state index in [0.717, 1.165) is 49.5 Å². The zero-order chi connectivity index (χ0) is 14.9. The predicted octanol–water partition coefficient (Wildman–Crippen LogP) is 2.36. The lowest BCUT2D eigenvalue weighted by molar-refractivity contribution is 0.0676. The van der Waals surface area contributed by atoms with Crippen LogP contribution in [0.25, 0.3) is 5.52 Å². The number of hydrogen-bond acceptors (Lipinski definition) is 3. The minimum Gasteiger partial charge on any atom is -0.339 e. The number of aromatic nitrogens is 2. The Bertz CT molecular complexity index is 672. The number of amides is 1. The first-order valence-electron chi connectivity index (χ1n) is 8.28. The van der Waals surface area contributed by atoms with Crippen LogP contribution in [0.4, 0.5) is 0 Å². The number of fused-ring (bicyclic) bond motifs is 1. The molecule has 4 heterocycles. The van der Waals surface area contributed by atoms with Crippen molar-refractivity contribution in [2.24, 2.45) is 5.92 Å². The van der Waals surface area contributed by atoms with Crippen LogP contribution in [-0.2, 0) is 0 Å². The number of pyridine rings is 1. The summed E-state index contributed by atoms with van der Waals surface area (Å²) < 4.78 is 1.77. The minimum absolute atomic E-state index is 0. The topological polar surface area (TPSA) is 49.6 Å². The summed E-state index contributed by atoms with van der Waals surface area (Å²) in [6.45, 7) is 2.89. The Morgan fingerprint density at radius 1 is 1.22 bits per heavy atom. The third-order valence-corrected chi connectivity index (χ3v) is 5.15. The summed E-state index contributed by atoms with van der Waals surface area (Å²) in [6.07, 6.45) is 8.40. The Morgan fingerprint density at radius 3 is 2.78 bits per heavy atom. The Hall–Kier alpha value is -1.59. The molecule has 23 heavy (non-hydrogen) atoms. The summed E-state index contributed by atoms with van der Waals surface area (Å²) in [5.41, 5.74) is 1.62. The Labute approximate surface area is 142 Å². The molecule has 2 aliphatic rings. The second kappa shape index (κ2) is 6.89. The van der Waals surface area contributed by atoms with Crippen molar-refractivity contribution in [1.29, 1.82) is 0 Å². The Balaban J connectivity index is 0.00000156. The van der Waals surface area contributed by atoms with Crippen LogP contribution < -0.4 is 5.32 Å². The van der Waals surface area contributed by atoms with Crippen molar-refractivity contribution in [2.45, 2.75) is 31.7 Å². The highest BCUT2D eigenvalue weighted by atomic mass is 35.5. The third kappa shape index (κ3) is 3.08. The zero-order valence-electron chi connectivity index (χ0n) is 13.1. The molecule has 2 aliphatic heterocycles. The maximum atomic E-state index is 12.8. The molecule has 0 spiro atoms. The van der Waals surface area contributed by atoms with Gasteiger partial charge in [0.2, 0.25) is 0 Å². The number of rotatable bonds is 2. The second-order valence-corrected chi connectivity index (χ2v) is 6.42. The molecule has 2 saturated heterocycles. The summed E-state index contributed by atoms with van der Waals surface area (Å²) in [5.74, 6) is 0.856. The first-order valence-corrected chi connectivity index (χ1v) is 8.28. The van der Waals surface area contributed by atoms with E-state index in [1.165, 1.54) is 12.8 Å². The number of nitrogens with one attached hydrogen (secondary N) is 1. The van der Waals surface area contributed by atoms with Crippen molar-refractivity contribution in [1.82, 2.24) is 19.8 Å². The highest BCUT2D eigenvalue weighted by Crippen LogP contribution is 2.26. The average molecular weight is 335 g/mol. The van der Waals surface area contributed by atoms with Gasteiger partial charge < -0.3 is 10.2 Å². The van der Waals surface area contributed by atoms with Gasteiger partial charge in [-0.15, -0.1) is 12.4 Å². The fourth-order valence-corrected chi connectivity index (χ4v) is 3.89. The van der Waals surface area contributed by atoms with Gasteiger partial charge in [-0.05, 0) is 50.3 Å². The van der Waals surface area contributed by atoms with Crippen LogP contribution in [0.5, 0.6) is 0 Å². The van der Waals surface area contributed by atoms with Gasteiger partial charge in [-0.2, -0.15) is 5.10 Å². The van der Waals surface area contributed by atoms with E-state index in [-0.39, 0.29) is 18.3 Å². The van der Waals surface area contributed by atoms with Crippen molar-refractivity contribution >= 4 is 23.8 Å². The van der Waals surface area contributed by atoms with Crippen molar-refractivity contribution in [3.8, 4) is 0 Å². The lowest BCUT2D eigenvalue weighted by Gasteiger charge is -2.34. The lowest BCUT2D eigenvalue weighted by Crippen LogP contribution is -2.43. The molecular formula is C17H23ClN4O. The normalized spacial score (nSPS) is 22.3. The van der Waals surface area contributed by atoms with Gasteiger partial charge >= 0.3 is 0 Å². The van der Waals surface area contributed by atoms with Crippen molar-refractivity contribution < 1.29 is 4.79 Å². The van der Waals surface area contributed by atoms with E-state index in [0.29, 0.717) is 6.04 Å². The maximum Gasteiger partial charge on any atom is 0.257 e. The molecule has 0 radical (unpaired) electrons. The summed E-state index contributed by atoms with van der Waals surface area (Å²) in [4.78, 5) is 14.8. The predicted molar refractivity (Wildman–Crippen MR) is 92.1 cm³/mol. The van der Waals surface area contributed by atoms with E-state index >= 15 is 0 Å². The minimum atomic E-state index is 0. The van der Waals surface area contributed by atoms with Gasteiger partial charge in [0.15, 0.2) is 0 Å². The fourth-order valence-electron chi connectivity index (χ4n) is 3.89. The second-order valence-electron chi connectivity index (χ2n) is 6.42. The van der Waals surface area contributed by atoms with Gasteiger partial charge in [0.25, 0.3) is 5.91 Å². The Morgan fingerprint density at radius 2 is 2.04 bits per heavy atom. The number of likely N-dealkylation sites (tertiary alicyclic amines) is 1. The van der Waals surface area contributed by atoms with Crippen molar-refractivity contribution in [3.63, 3.8) is 0 Å². The van der Waals surface area contributed by atoms with E-state index < -0.39 is 0 Å². The molecule has 1 atom stereocenters. The van der Waals surface area contributed by atoms with Crippen LogP contribution in [0.15, 0.2) is 30.6 Å². The van der Waals surface area contributed by atoms with Gasteiger partial charge in [-0.25, -0.2) is 4.52 Å². The van der Waals surface area contributed by atoms with E-state index in [1.54, 1.807) is 10.7 Å². The van der Waals surface area contributed by atoms with E-state index in [1.807, 2.05) is 29.3 Å². The first kappa shape index (κ1) is 16.3. The molecule has 0 bridgehead atoms. The third-order valence-electron chi connectivity index (χ3n) is 5.15. The van der Waals surface area contributed by atoms with Gasteiger partial charge in [0.05, 0.1) is 17.3 Å². The first-order chi connectivity index (χ1) is 10.8. The number of halogens is 1. The van der Waals surface area contributed by atoms with E-state index in [4.69, 9.17) is 0 Å². The monoisotopic (exact) mass is 334 g/mol. The van der Waals surface area contributed by atoms with Crippen molar-refractivity contribution in [3.05, 3.63) is 36.2 Å². The zero-order valence-corrected chi connectivity index (χ0v) is 14.0. The van der Waals surface area contributed by atoms with Crippen LogP contribution in [0.2, 0.25) is 0 Å². The van der Waals surface area contributed by atoms with Crippen molar-refractivity contribution in [2.75, 3.05) is 19.6 Å². The summed E-state index contributed by atoms with van der Waals surface area (Å²) in [5, 5.41) is 7.88. The van der Waals surface area contributed by atoms with Crippen LogP contribution in [0.3, 0.4) is 0 Å². The average Bonchev–Trinajstić information content (AvgIpc) is 3.24.